The molecule has 0 aliphatic heterocycles. The molecule has 0 aromatic heterocycles. The molecular formula is C21H24N2O4. The van der Waals surface area contributed by atoms with Gasteiger partial charge < -0.3 is 19.5 Å². The van der Waals surface area contributed by atoms with E-state index in [-0.39, 0.29) is 18.9 Å². The molecule has 142 valence electrons. The van der Waals surface area contributed by atoms with Gasteiger partial charge in [-0.3, -0.25) is 4.79 Å². The highest BCUT2D eigenvalue weighted by Crippen LogP contribution is 2.31. The van der Waals surface area contributed by atoms with E-state index in [1.165, 1.54) is 0 Å². The van der Waals surface area contributed by atoms with Crippen molar-refractivity contribution in [1.29, 1.82) is 5.26 Å². The largest absolute Gasteiger partial charge is 0.493 e. The minimum atomic E-state index is -0.329. The van der Waals surface area contributed by atoms with E-state index >= 15 is 0 Å². The van der Waals surface area contributed by atoms with Gasteiger partial charge in [-0.25, -0.2) is 0 Å². The lowest BCUT2D eigenvalue weighted by Crippen LogP contribution is -2.22. The van der Waals surface area contributed by atoms with Gasteiger partial charge >= 0.3 is 0 Å². The molecule has 6 heteroatoms. The fourth-order valence-corrected chi connectivity index (χ4v) is 2.51. The number of hydrogen-bond donors (Lipinski definition) is 1. The Morgan fingerprint density at radius 2 is 1.89 bits per heavy atom. The Bertz CT molecular complexity index is 827. The molecule has 0 atom stereocenters. The first-order valence-electron chi connectivity index (χ1n) is 8.67. The maximum Gasteiger partial charge on any atom is 0.234 e. The maximum absolute atomic E-state index is 11.5. The normalized spacial score (nSPS) is 10.0. The Kier molecular flexibility index (Phi) is 7.50. The van der Waals surface area contributed by atoms with Crippen LogP contribution in [0.15, 0.2) is 36.4 Å². The number of nitrogens with one attached hydrogen (secondary N) is 1. The summed E-state index contributed by atoms with van der Waals surface area (Å²) < 4.78 is 17.0. The van der Waals surface area contributed by atoms with Gasteiger partial charge in [0, 0.05) is 12.1 Å². The second-order valence-corrected chi connectivity index (χ2v) is 6.03. The zero-order valence-corrected chi connectivity index (χ0v) is 15.9. The predicted octanol–water partition coefficient (Wildman–Crippen LogP) is 3.30. The summed E-state index contributed by atoms with van der Waals surface area (Å²) in [5, 5.41) is 11.3. The van der Waals surface area contributed by atoms with Crippen LogP contribution in [0.4, 0.5) is 0 Å². The smallest absolute Gasteiger partial charge is 0.234 e. The van der Waals surface area contributed by atoms with Gasteiger partial charge in [-0.05, 0) is 37.1 Å². The van der Waals surface area contributed by atoms with E-state index in [4.69, 9.17) is 19.5 Å². The number of hydrogen-bond acceptors (Lipinski definition) is 5. The van der Waals surface area contributed by atoms with Gasteiger partial charge in [0.15, 0.2) is 11.5 Å². The van der Waals surface area contributed by atoms with E-state index in [2.05, 4.69) is 5.32 Å². The van der Waals surface area contributed by atoms with Gasteiger partial charge in [0.05, 0.1) is 13.2 Å². The highest BCUT2D eigenvalue weighted by Gasteiger charge is 2.12. The van der Waals surface area contributed by atoms with Crippen molar-refractivity contribution in [2.75, 3.05) is 20.3 Å². The third kappa shape index (κ3) is 5.93. The topological polar surface area (TPSA) is 80.6 Å². The number of benzene rings is 2. The van der Waals surface area contributed by atoms with E-state index in [9.17, 15) is 4.79 Å². The Morgan fingerprint density at radius 1 is 1.11 bits per heavy atom. The van der Waals surface area contributed by atoms with Crippen LogP contribution in [-0.2, 0) is 11.3 Å². The Balaban J connectivity index is 1.98. The number of para-hydroxylation sites is 1. The van der Waals surface area contributed by atoms with Crippen LogP contribution in [0.3, 0.4) is 0 Å². The highest BCUT2D eigenvalue weighted by atomic mass is 16.5. The van der Waals surface area contributed by atoms with Crippen molar-refractivity contribution in [2.24, 2.45) is 0 Å². The van der Waals surface area contributed by atoms with E-state index in [1.807, 2.05) is 50.2 Å². The van der Waals surface area contributed by atoms with E-state index < -0.39 is 0 Å². The van der Waals surface area contributed by atoms with Crippen LogP contribution in [0.25, 0.3) is 0 Å². The number of carbonyl (C=O) groups excluding carboxylic acids is 1. The van der Waals surface area contributed by atoms with Crippen molar-refractivity contribution < 1.29 is 19.0 Å². The molecule has 0 fully saturated rings. The summed E-state index contributed by atoms with van der Waals surface area (Å²) in [7, 11) is 1.56. The average molecular weight is 368 g/mol. The second kappa shape index (κ2) is 10.1. The van der Waals surface area contributed by atoms with Gasteiger partial charge in [-0.1, -0.05) is 24.3 Å². The van der Waals surface area contributed by atoms with Crippen molar-refractivity contribution in [1.82, 2.24) is 5.32 Å². The van der Waals surface area contributed by atoms with Crippen LogP contribution < -0.4 is 19.5 Å². The summed E-state index contributed by atoms with van der Waals surface area (Å²) >= 11 is 0. The standard InChI is InChI=1S/C21H24N2O4/c1-15-7-8-16(2)19(13-15)26-11-12-27-21-17(5-4-6-18(21)25-3)14-23-20(24)9-10-22/h4-8,13H,9,11-12,14H2,1-3H3,(H,23,24). The Labute approximate surface area is 159 Å². The molecular weight excluding hydrogens is 344 g/mol. The number of nitrogens with zero attached hydrogens (tertiary/aromatic N) is 1. The fraction of sp³-hybridized carbons (Fsp3) is 0.333. The number of aryl methyl sites for hydroxylation is 2. The molecule has 1 N–H and O–H groups in total. The molecule has 2 aromatic rings. The molecule has 2 aromatic carbocycles. The van der Waals surface area contributed by atoms with Crippen molar-refractivity contribution in [2.45, 2.75) is 26.8 Å². The molecule has 2 rings (SSSR count). The lowest BCUT2D eigenvalue weighted by Gasteiger charge is -2.16. The van der Waals surface area contributed by atoms with Gasteiger partial charge in [0.2, 0.25) is 5.91 Å². The van der Waals surface area contributed by atoms with Crippen LogP contribution in [0.2, 0.25) is 0 Å². The van der Waals surface area contributed by atoms with Gasteiger partial charge in [0.1, 0.15) is 25.4 Å². The predicted molar refractivity (Wildman–Crippen MR) is 102 cm³/mol. The first-order valence-corrected chi connectivity index (χ1v) is 8.67. The second-order valence-electron chi connectivity index (χ2n) is 6.03. The first-order chi connectivity index (χ1) is 13.0. The molecule has 0 radical (unpaired) electrons. The molecule has 0 spiro atoms. The summed E-state index contributed by atoms with van der Waals surface area (Å²) in [4.78, 5) is 11.5. The molecule has 1 amide bonds. The lowest BCUT2D eigenvalue weighted by molar-refractivity contribution is -0.120. The number of carbonyl (C=O) groups is 1. The van der Waals surface area contributed by atoms with E-state index in [1.54, 1.807) is 13.2 Å². The highest BCUT2D eigenvalue weighted by molar-refractivity contribution is 5.78. The summed E-state index contributed by atoms with van der Waals surface area (Å²) in [6.45, 7) is 4.97. The van der Waals surface area contributed by atoms with Crippen LogP contribution in [0.5, 0.6) is 17.2 Å². The van der Waals surface area contributed by atoms with Crippen molar-refractivity contribution in [3.8, 4) is 23.3 Å². The average Bonchev–Trinajstić information content (AvgIpc) is 2.66. The summed E-state index contributed by atoms with van der Waals surface area (Å²) in [6, 6.07) is 13.3. The zero-order valence-electron chi connectivity index (χ0n) is 15.9. The van der Waals surface area contributed by atoms with Gasteiger partial charge in [0.25, 0.3) is 0 Å². The van der Waals surface area contributed by atoms with Crippen molar-refractivity contribution in [3.05, 3.63) is 53.1 Å². The quantitative estimate of drug-likeness (QED) is 0.687. The third-order valence-corrected chi connectivity index (χ3v) is 3.93. The summed E-state index contributed by atoms with van der Waals surface area (Å²) in [6.07, 6.45) is -0.177. The van der Waals surface area contributed by atoms with Crippen LogP contribution in [0, 0.1) is 25.2 Å². The molecule has 0 saturated carbocycles. The van der Waals surface area contributed by atoms with Crippen LogP contribution >= 0.6 is 0 Å². The van der Waals surface area contributed by atoms with E-state index in [0.717, 1.165) is 22.4 Å². The molecule has 0 saturated heterocycles. The summed E-state index contributed by atoms with van der Waals surface area (Å²) in [5.41, 5.74) is 2.97. The minimum Gasteiger partial charge on any atom is -0.493 e. The number of ether oxygens (including phenoxy) is 3. The maximum atomic E-state index is 11.5. The molecule has 6 nitrogen and oxygen atoms in total. The molecule has 0 aliphatic carbocycles. The molecule has 0 bridgehead atoms. The SMILES string of the molecule is COc1cccc(CNC(=O)CC#N)c1OCCOc1cc(C)ccc1C. The summed E-state index contributed by atoms with van der Waals surface area (Å²) in [5.74, 6) is 1.64. The van der Waals surface area contributed by atoms with Crippen molar-refractivity contribution >= 4 is 5.91 Å². The molecule has 27 heavy (non-hydrogen) atoms. The Hall–Kier alpha value is -3.20. The first kappa shape index (κ1) is 20.1. The fourth-order valence-electron chi connectivity index (χ4n) is 2.51. The Morgan fingerprint density at radius 3 is 2.63 bits per heavy atom. The third-order valence-electron chi connectivity index (χ3n) is 3.93. The van der Waals surface area contributed by atoms with Gasteiger partial charge in [-0.2, -0.15) is 5.26 Å². The minimum absolute atomic E-state index is 0.177. The number of nitriles is 1. The molecule has 0 aliphatic rings. The van der Waals surface area contributed by atoms with Crippen LogP contribution in [-0.4, -0.2) is 26.2 Å². The number of rotatable bonds is 9. The monoisotopic (exact) mass is 368 g/mol. The molecule has 0 heterocycles. The molecule has 0 unspecified atom stereocenters. The van der Waals surface area contributed by atoms with Crippen LogP contribution in [0.1, 0.15) is 23.1 Å². The zero-order chi connectivity index (χ0) is 19.6. The van der Waals surface area contributed by atoms with E-state index in [0.29, 0.717) is 24.7 Å². The number of methoxy groups -OCH3 is 1. The van der Waals surface area contributed by atoms with Crippen molar-refractivity contribution in [3.63, 3.8) is 0 Å². The lowest BCUT2D eigenvalue weighted by atomic mass is 10.1. The number of amides is 1. The van der Waals surface area contributed by atoms with Gasteiger partial charge in [-0.15, -0.1) is 0 Å².